The molecule has 1 aromatic heterocycles. The molecule has 0 bridgehead atoms. The van der Waals surface area contributed by atoms with Crippen molar-refractivity contribution in [3.8, 4) is 5.75 Å². The third kappa shape index (κ3) is 5.59. The zero-order chi connectivity index (χ0) is 25.8. The Kier molecular flexibility index (Phi) is 7.09. The smallest absolute Gasteiger partial charge is 0.410 e. The lowest BCUT2D eigenvalue weighted by molar-refractivity contribution is 0.0633. The van der Waals surface area contributed by atoms with Gasteiger partial charge >= 0.3 is 6.09 Å². The molecule has 188 valence electrons. The lowest BCUT2D eigenvalue weighted by Crippen LogP contribution is -2.51. The molecule has 1 saturated heterocycles. The lowest BCUT2D eigenvalue weighted by Gasteiger charge is -2.34. The van der Waals surface area contributed by atoms with Crippen LogP contribution in [-0.2, 0) is 11.0 Å². The molecule has 1 N–H and O–H groups in total. The number of para-hydroxylation sites is 1. The third-order valence-corrected chi connectivity index (χ3v) is 7.13. The number of piperazine rings is 1. The van der Waals surface area contributed by atoms with Crippen LogP contribution in [0.4, 0.5) is 14.9 Å². The number of amides is 2. The van der Waals surface area contributed by atoms with Crippen LogP contribution in [0.15, 0.2) is 90.0 Å². The van der Waals surface area contributed by atoms with Gasteiger partial charge in [0.1, 0.15) is 11.6 Å². The summed E-state index contributed by atoms with van der Waals surface area (Å²) in [6.45, 7) is 1.36. The van der Waals surface area contributed by atoms with Crippen LogP contribution in [0.3, 0.4) is 0 Å². The van der Waals surface area contributed by atoms with Gasteiger partial charge in [0, 0.05) is 49.0 Å². The van der Waals surface area contributed by atoms with E-state index in [2.05, 4.69) is 9.71 Å². The number of hydrogen-bond acceptors (Lipinski definition) is 5. The van der Waals surface area contributed by atoms with Crippen LogP contribution in [0.5, 0.6) is 5.75 Å². The molecule has 3 aromatic carbocycles. The van der Waals surface area contributed by atoms with Gasteiger partial charge in [-0.05, 0) is 60.7 Å². The summed E-state index contributed by atoms with van der Waals surface area (Å²) in [7, 11) is -1.53. The SMILES string of the molecule is O=C(Oc1ccc(F)cc1)N1CCN(C(=O)c2ccc(NS(=O)c3cccc4cccnc34)cc2)CC1. The zero-order valence-corrected chi connectivity index (χ0v) is 20.5. The highest BCUT2D eigenvalue weighted by atomic mass is 32.2. The number of pyridine rings is 1. The summed E-state index contributed by atoms with van der Waals surface area (Å²) in [6.07, 6.45) is 1.13. The van der Waals surface area contributed by atoms with Crippen LogP contribution in [0.25, 0.3) is 10.9 Å². The molecule has 0 aliphatic carbocycles. The molecule has 8 nitrogen and oxygen atoms in total. The third-order valence-electron chi connectivity index (χ3n) is 5.98. The Labute approximate surface area is 215 Å². The highest BCUT2D eigenvalue weighted by Gasteiger charge is 2.26. The maximum Gasteiger partial charge on any atom is 0.415 e. The van der Waals surface area contributed by atoms with E-state index in [0.29, 0.717) is 47.8 Å². The van der Waals surface area contributed by atoms with E-state index < -0.39 is 22.9 Å². The molecular formula is C27H23FN4O4S. The molecule has 1 atom stereocenters. The number of anilines is 1. The first-order chi connectivity index (χ1) is 18.0. The van der Waals surface area contributed by atoms with Crippen molar-refractivity contribution in [2.45, 2.75) is 4.90 Å². The minimum absolute atomic E-state index is 0.155. The van der Waals surface area contributed by atoms with E-state index in [-0.39, 0.29) is 11.7 Å². The predicted octanol–water partition coefficient (Wildman–Crippen LogP) is 4.47. The first-order valence-corrected chi connectivity index (χ1v) is 12.8. The van der Waals surface area contributed by atoms with E-state index in [0.717, 1.165) is 5.39 Å². The van der Waals surface area contributed by atoms with Gasteiger partial charge in [0.05, 0.1) is 10.4 Å². The van der Waals surface area contributed by atoms with Gasteiger partial charge in [-0.3, -0.25) is 9.78 Å². The Morgan fingerprint density at radius 1 is 0.865 bits per heavy atom. The quantitative estimate of drug-likeness (QED) is 0.421. The van der Waals surface area contributed by atoms with Crippen LogP contribution in [0.2, 0.25) is 0 Å². The fraction of sp³-hybridized carbons (Fsp3) is 0.148. The second kappa shape index (κ2) is 10.8. The molecule has 2 heterocycles. The van der Waals surface area contributed by atoms with Gasteiger partial charge < -0.3 is 19.3 Å². The van der Waals surface area contributed by atoms with Gasteiger partial charge in [-0.2, -0.15) is 0 Å². The summed E-state index contributed by atoms with van der Waals surface area (Å²) in [5.41, 5.74) is 1.77. The number of halogens is 1. The van der Waals surface area contributed by atoms with Crippen molar-refractivity contribution in [1.82, 2.24) is 14.8 Å². The molecule has 1 unspecified atom stereocenters. The van der Waals surface area contributed by atoms with Crippen LogP contribution in [0, 0.1) is 5.82 Å². The molecule has 4 aromatic rings. The zero-order valence-electron chi connectivity index (χ0n) is 19.7. The Hall–Kier alpha value is -4.31. The summed E-state index contributed by atoms with van der Waals surface area (Å²) in [5.74, 6) is -0.306. The summed E-state index contributed by atoms with van der Waals surface area (Å²) >= 11 is 0. The van der Waals surface area contributed by atoms with Gasteiger partial charge in [-0.1, -0.05) is 18.2 Å². The van der Waals surface area contributed by atoms with Gasteiger partial charge in [-0.15, -0.1) is 0 Å². The fourth-order valence-electron chi connectivity index (χ4n) is 4.01. The van der Waals surface area contributed by atoms with Crippen LogP contribution in [-0.4, -0.2) is 57.2 Å². The monoisotopic (exact) mass is 518 g/mol. The van der Waals surface area contributed by atoms with Crippen LogP contribution in [0.1, 0.15) is 10.4 Å². The molecule has 1 aliphatic heterocycles. The number of hydrogen-bond donors (Lipinski definition) is 1. The number of aromatic nitrogens is 1. The molecule has 0 spiro atoms. The maximum absolute atomic E-state index is 13.0. The number of fused-ring (bicyclic) bond motifs is 1. The normalized spacial score (nSPS) is 14.3. The lowest BCUT2D eigenvalue weighted by atomic mass is 10.1. The minimum Gasteiger partial charge on any atom is -0.410 e. The van der Waals surface area contributed by atoms with E-state index in [9.17, 15) is 18.2 Å². The van der Waals surface area contributed by atoms with Crippen molar-refractivity contribution in [3.63, 3.8) is 0 Å². The predicted molar refractivity (Wildman–Crippen MR) is 138 cm³/mol. The van der Waals surface area contributed by atoms with E-state index >= 15 is 0 Å². The van der Waals surface area contributed by atoms with Crippen molar-refractivity contribution in [2.24, 2.45) is 0 Å². The van der Waals surface area contributed by atoms with Crippen molar-refractivity contribution >= 4 is 39.6 Å². The van der Waals surface area contributed by atoms with E-state index in [1.54, 1.807) is 41.4 Å². The second-order valence-electron chi connectivity index (χ2n) is 8.38. The van der Waals surface area contributed by atoms with Crippen molar-refractivity contribution in [2.75, 3.05) is 30.9 Å². The summed E-state index contributed by atoms with van der Waals surface area (Å²) < 4.78 is 34.2. The highest BCUT2D eigenvalue weighted by molar-refractivity contribution is 7.86. The standard InChI is InChI=1S/C27H23FN4O4S/c28-21-8-12-23(13-9-21)36-27(34)32-17-15-31(16-18-32)26(33)20-6-10-22(11-7-20)30-37(35)24-5-1-3-19-4-2-14-29-25(19)24/h1-14,30H,15-18H2. The van der Waals surface area contributed by atoms with Gasteiger partial charge in [0.15, 0.2) is 11.0 Å². The highest BCUT2D eigenvalue weighted by Crippen LogP contribution is 2.22. The second-order valence-corrected chi connectivity index (χ2v) is 9.56. The average molecular weight is 519 g/mol. The first kappa shape index (κ1) is 24.4. The number of ether oxygens (including phenoxy) is 1. The molecule has 10 heteroatoms. The molecular weight excluding hydrogens is 495 g/mol. The number of rotatable bonds is 5. The molecule has 1 fully saturated rings. The van der Waals surface area contributed by atoms with E-state index in [1.807, 2.05) is 24.3 Å². The molecule has 37 heavy (non-hydrogen) atoms. The molecule has 0 saturated carbocycles. The fourth-order valence-corrected chi connectivity index (χ4v) is 5.02. The maximum atomic E-state index is 13.0. The molecule has 0 radical (unpaired) electrons. The number of nitrogens with zero attached hydrogens (tertiary/aromatic N) is 3. The van der Waals surface area contributed by atoms with Crippen molar-refractivity contribution in [1.29, 1.82) is 0 Å². The topological polar surface area (TPSA) is 91.8 Å². The summed E-state index contributed by atoms with van der Waals surface area (Å²) in [6, 6.07) is 21.3. The Bertz CT molecular complexity index is 1450. The van der Waals surface area contributed by atoms with Crippen molar-refractivity contribution in [3.05, 3.63) is 96.4 Å². The van der Waals surface area contributed by atoms with Crippen LogP contribution < -0.4 is 9.46 Å². The Morgan fingerprint density at radius 2 is 1.54 bits per heavy atom. The molecule has 2 amide bonds. The molecule has 1 aliphatic rings. The number of carbonyl (C=O) groups is 2. The number of nitrogens with one attached hydrogen (secondary N) is 1. The Balaban J connectivity index is 1.16. The van der Waals surface area contributed by atoms with Gasteiger partial charge in [0.25, 0.3) is 5.91 Å². The minimum atomic E-state index is -1.53. The van der Waals surface area contributed by atoms with E-state index in [4.69, 9.17) is 4.74 Å². The van der Waals surface area contributed by atoms with Gasteiger partial charge in [0.2, 0.25) is 0 Å². The van der Waals surface area contributed by atoms with E-state index in [1.165, 1.54) is 29.2 Å². The average Bonchev–Trinajstić information content (AvgIpc) is 2.94. The Morgan fingerprint density at radius 3 is 2.27 bits per heavy atom. The van der Waals surface area contributed by atoms with Crippen molar-refractivity contribution < 1.29 is 22.9 Å². The molecule has 5 rings (SSSR count). The summed E-state index contributed by atoms with van der Waals surface area (Å²) in [5, 5.41) is 0.903. The van der Waals surface area contributed by atoms with Crippen LogP contribution >= 0.6 is 0 Å². The van der Waals surface area contributed by atoms with Gasteiger partial charge in [-0.25, -0.2) is 13.4 Å². The number of carbonyl (C=O) groups excluding carboxylic acids is 2. The summed E-state index contributed by atoms with van der Waals surface area (Å²) in [4.78, 5) is 33.4. The number of benzene rings is 3. The largest absolute Gasteiger partial charge is 0.415 e. The first-order valence-electron chi connectivity index (χ1n) is 11.6.